The zero-order chi connectivity index (χ0) is 11.4. The second-order valence-corrected chi connectivity index (χ2v) is 4.32. The quantitative estimate of drug-likeness (QED) is 0.661. The van der Waals surface area contributed by atoms with Gasteiger partial charge in [0.15, 0.2) is 0 Å². The number of ether oxygens (including phenoxy) is 1. The van der Waals surface area contributed by atoms with E-state index < -0.39 is 0 Å². The van der Waals surface area contributed by atoms with Crippen molar-refractivity contribution >= 4 is 0 Å². The fraction of sp³-hybridized carbons (Fsp3) is 0.750. The van der Waals surface area contributed by atoms with E-state index in [2.05, 4.69) is 22.8 Å². The van der Waals surface area contributed by atoms with Gasteiger partial charge in [-0.05, 0) is 6.42 Å². The van der Waals surface area contributed by atoms with Gasteiger partial charge in [0, 0.05) is 26.2 Å². The molecule has 0 radical (unpaired) electrons. The van der Waals surface area contributed by atoms with Gasteiger partial charge in [-0.15, -0.1) is 0 Å². The summed E-state index contributed by atoms with van der Waals surface area (Å²) < 4.78 is 5.20. The summed E-state index contributed by atoms with van der Waals surface area (Å²) in [5.41, 5.74) is 0.840. The Balaban J connectivity index is 1.84. The second kappa shape index (κ2) is 5.33. The average molecular weight is 221 g/mol. The van der Waals surface area contributed by atoms with E-state index in [-0.39, 0.29) is 0 Å². The van der Waals surface area contributed by atoms with Crippen LogP contribution in [-0.4, -0.2) is 55.2 Å². The zero-order valence-corrected chi connectivity index (χ0v) is 9.85. The first kappa shape index (κ1) is 11.4. The van der Waals surface area contributed by atoms with Gasteiger partial charge in [0.2, 0.25) is 0 Å². The van der Waals surface area contributed by atoms with Crippen LogP contribution in [0.1, 0.15) is 13.3 Å². The molecular weight excluding hydrogens is 202 g/mol. The predicted molar refractivity (Wildman–Crippen MR) is 61.7 cm³/mol. The van der Waals surface area contributed by atoms with Crippen LogP contribution in [0.15, 0.2) is 11.8 Å². The van der Waals surface area contributed by atoms with Gasteiger partial charge in [-0.2, -0.15) is 5.26 Å². The van der Waals surface area contributed by atoms with Crippen LogP contribution in [0, 0.1) is 11.3 Å². The summed E-state index contributed by atoms with van der Waals surface area (Å²) >= 11 is 0. The summed E-state index contributed by atoms with van der Waals surface area (Å²) in [5, 5.41) is 9.05. The molecule has 2 rings (SSSR count). The largest absolute Gasteiger partial charge is 0.378 e. The third kappa shape index (κ3) is 2.37. The van der Waals surface area contributed by atoms with E-state index in [9.17, 15) is 0 Å². The summed E-state index contributed by atoms with van der Waals surface area (Å²) in [6, 6.07) is 2.92. The first-order valence-corrected chi connectivity index (χ1v) is 6.02. The van der Waals surface area contributed by atoms with Crippen molar-refractivity contribution < 1.29 is 4.74 Å². The van der Waals surface area contributed by atoms with Crippen molar-refractivity contribution in [3.05, 3.63) is 11.8 Å². The molecule has 0 N–H and O–H groups in total. The van der Waals surface area contributed by atoms with Gasteiger partial charge >= 0.3 is 0 Å². The Kier molecular flexibility index (Phi) is 3.81. The van der Waals surface area contributed by atoms with Crippen molar-refractivity contribution in [3.63, 3.8) is 0 Å². The molecule has 2 fully saturated rings. The lowest BCUT2D eigenvalue weighted by molar-refractivity contribution is -0.0744. The van der Waals surface area contributed by atoms with Crippen LogP contribution in [0.4, 0.5) is 0 Å². The molecule has 0 aromatic rings. The Morgan fingerprint density at radius 2 is 2.06 bits per heavy atom. The smallest absolute Gasteiger partial charge is 0.117 e. The maximum absolute atomic E-state index is 9.05. The molecule has 16 heavy (non-hydrogen) atoms. The topological polar surface area (TPSA) is 39.5 Å². The molecule has 0 aromatic carbocycles. The molecule has 0 saturated carbocycles. The maximum atomic E-state index is 9.05. The fourth-order valence-electron chi connectivity index (χ4n) is 2.20. The summed E-state index contributed by atoms with van der Waals surface area (Å²) in [4.78, 5) is 4.67. The van der Waals surface area contributed by atoms with Crippen molar-refractivity contribution in [3.8, 4) is 6.07 Å². The molecule has 2 saturated heterocycles. The van der Waals surface area contributed by atoms with Crippen LogP contribution in [0.5, 0.6) is 0 Å². The number of allylic oxidation sites excluding steroid dienone is 2. The third-order valence-corrected chi connectivity index (χ3v) is 3.30. The Labute approximate surface area is 97.1 Å². The molecule has 0 spiro atoms. The highest BCUT2D eigenvalue weighted by Gasteiger charge is 2.29. The van der Waals surface area contributed by atoms with Crippen molar-refractivity contribution in [2.75, 3.05) is 39.4 Å². The van der Waals surface area contributed by atoms with E-state index in [1.54, 1.807) is 0 Å². The average Bonchev–Trinajstić information content (AvgIpc) is 2.25. The molecule has 2 aliphatic heterocycles. The van der Waals surface area contributed by atoms with Crippen LogP contribution >= 0.6 is 0 Å². The van der Waals surface area contributed by atoms with Crippen molar-refractivity contribution in [2.45, 2.75) is 19.4 Å². The van der Waals surface area contributed by atoms with Gasteiger partial charge in [-0.25, -0.2) is 0 Å². The van der Waals surface area contributed by atoms with E-state index in [1.165, 1.54) is 0 Å². The van der Waals surface area contributed by atoms with Crippen LogP contribution in [0.2, 0.25) is 0 Å². The van der Waals surface area contributed by atoms with E-state index in [0.29, 0.717) is 6.04 Å². The fourth-order valence-corrected chi connectivity index (χ4v) is 2.20. The summed E-state index contributed by atoms with van der Waals surface area (Å²) in [6.07, 6.45) is 2.95. The van der Waals surface area contributed by atoms with Crippen molar-refractivity contribution in [1.29, 1.82) is 5.26 Å². The standard InChI is InChI=1S/C12H19N3O/c1-2-3-11(8-13)14-4-6-15(7-5-14)12-9-16-10-12/h3,12H,2,4-7,9-10H2,1H3. The highest BCUT2D eigenvalue weighted by atomic mass is 16.5. The Morgan fingerprint density at radius 1 is 1.38 bits per heavy atom. The molecule has 4 heteroatoms. The lowest BCUT2D eigenvalue weighted by Gasteiger charge is -2.42. The first-order chi connectivity index (χ1) is 7.85. The number of hydrogen-bond acceptors (Lipinski definition) is 4. The Bertz CT molecular complexity index is 296. The molecule has 2 aliphatic rings. The van der Waals surface area contributed by atoms with Crippen molar-refractivity contribution in [2.24, 2.45) is 0 Å². The molecular formula is C12H19N3O. The van der Waals surface area contributed by atoms with Crippen LogP contribution < -0.4 is 0 Å². The van der Waals surface area contributed by atoms with E-state index in [1.807, 2.05) is 6.08 Å². The van der Waals surface area contributed by atoms with Gasteiger partial charge < -0.3 is 9.64 Å². The molecule has 0 aliphatic carbocycles. The lowest BCUT2D eigenvalue weighted by atomic mass is 10.1. The number of piperazine rings is 1. The second-order valence-electron chi connectivity index (χ2n) is 4.32. The number of nitriles is 1. The van der Waals surface area contributed by atoms with E-state index in [0.717, 1.165) is 51.5 Å². The van der Waals surface area contributed by atoms with Crippen LogP contribution in [-0.2, 0) is 4.74 Å². The molecule has 0 aromatic heterocycles. The molecule has 0 atom stereocenters. The first-order valence-electron chi connectivity index (χ1n) is 6.02. The number of hydrogen-bond donors (Lipinski definition) is 0. The number of nitrogens with zero attached hydrogens (tertiary/aromatic N) is 3. The zero-order valence-electron chi connectivity index (χ0n) is 9.85. The van der Waals surface area contributed by atoms with E-state index in [4.69, 9.17) is 10.00 Å². The van der Waals surface area contributed by atoms with Crippen LogP contribution in [0.25, 0.3) is 0 Å². The van der Waals surface area contributed by atoms with Gasteiger partial charge in [-0.3, -0.25) is 4.90 Å². The number of rotatable bonds is 3. The third-order valence-electron chi connectivity index (χ3n) is 3.30. The van der Waals surface area contributed by atoms with Gasteiger partial charge in [0.05, 0.1) is 19.3 Å². The maximum Gasteiger partial charge on any atom is 0.117 e. The predicted octanol–water partition coefficient (Wildman–Crippen LogP) is 0.820. The molecule has 88 valence electrons. The van der Waals surface area contributed by atoms with Crippen molar-refractivity contribution in [1.82, 2.24) is 9.80 Å². The van der Waals surface area contributed by atoms with E-state index >= 15 is 0 Å². The molecule has 4 nitrogen and oxygen atoms in total. The minimum Gasteiger partial charge on any atom is -0.378 e. The van der Waals surface area contributed by atoms with Gasteiger partial charge in [0.25, 0.3) is 0 Å². The Hall–Kier alpha value is -1.05. The summed E-state index contributed by atoms with van der Waals surface area (Å²) in [6.45, 7) is 7.88. The lowest BCUT2D eigenvalue weighted by Crippen LogP contribution is -2.56. The minimum atomic E-state index is 0.628. The Morgan fingerprint density at radius 3 is 2.50 bits per heavy atom. The highest BCUT2D eigenvalue weighted by molar-refractivity contribution is 5.19. The monoisotopic (exact) mass is 221 g/mol. The molecule has 2 heterocycles. The normalized spacial score (nSPS) is 24.0. The summed E-state index contributed by atoms with van der Waals surface area (Å²) in [7, 11) is 0. The summed E-state index contributed by atoms with van der Waals surface area (Å²) in [5.74, 6) is 0. The SMILES string of the molecule is CCC=C(C#N)N1CCN(C2COC2)CC1. The molecule has 0 unspecified atom stereocenters. The molecule has 0 bridgehead atoms. The van der Waals surface area contributed by atoms with Crippen LogP contribution in [0.3, 0.4) is 0 Å². The van der Waals surface area contributed by atoms with Gasteiger partial charge in [0.1, 0.15) is 11.8 Å². The minimum absolute atomic E-state index is 0.628. The van der Waals surface area contributed by atoms with Gasteiger partial charge in [-0.1, -0.05) is 13.0 Å². The highest BCUT2D eigenvalue weighted by Crippen LogP contribution is 2.15. The molecule has 0 amide bonds.